The highest BCUT2D eigenvalue weighted by Crippen LogP contribution is 2.07. The summed E-state index contributed by atoms with van der Waals surface area (Å²) in [4.78, 5) is 13.0. The van der Waals surface area contributed by atoms with E-state index in [-0.39, 0.29) is 24.9 Å². The maximum Gasteiger partial charge on any atom is 0.182 e. The van der Waals surface area contributed by atoms with Crippen LogP contribution in [0.5, 0.6) is 0 Å². The highest BCUT2D eigenvalue weighted by Gasteiger charge is 2.15. The van der Waals surface area contributed by atoms with Crippen molar-refractivity contribution in [2.75, 3.05) is 19.7 Å². The van der Waals surface area contributed by atoms with E-state index in [9.17, 15) is 4.79 Å². The van der Waals surface area contributed by atoms with Crippen LogP contribution in [0, 0.1) is 0 Å². The number of rotatable bonds is 5. The van der Waals surface area contributed by atoms with Crippen LogP contribution in [0.4, 0.5) is 0 Å². The van der Waals surface area contributed by atoms with Gasteiger partial charge < -0.3 is 10.1 Å². The number of nitrogens with zero attached hydrogens (tertiary/aromatic N) is 4. The van der Waals surface area contributed by atoms with Crippen molar-refractivity contribution < 1.29 is 9.53 Å². The molecule has 1 saturated heterocycles. The molecule has 0 amide bonds. The van der Waals surface area contributed by atoms with Crippen LogP contribution in [0.25, 0.3) is 0 Å². The first kappa shape index (κ1) is 12.1. The monoisotopic (exact) mass is 239 g/mol. The van der Waals surface area contributed by atoms with E-state index in [1.807, 2.05) is 0 Å². The number of hydrogen-bond donors (Lipinski definition) is 1. The fourth-order valence-electron chi connectivity index (χ4n) is 1.79. The van der Waals surface area contributed by atoms with Gasteiger partial charge in [-0.1, -0.05) is 0 Å². The lowest BCUT2D eigenvalue weighted by molar-refractivity contribution is -0.125. The Morgan fingerprint density at radius 1 is 1.53 bits per heavy atom. The smallest absolute Gasteiger partial charge is 0.182 e. The van der Waals surface area contributed by atoms with Gasteiger partial charge in [0.25, 0.3) is 0 Å². The topological polar surface area (TPSA) is 81.9 Å². The summed E-state index contributed by atoms with van der Waals surface area (Å²) in [5.41, 5.74) is 0. The second kappa shape index (κ2) is 5.83. The van der Waals surface area contributed by atoms with E-state index < -0.39 is 0 Å². The zero-order valence-electron chi connectivity index (χ0n) is 9.93. The van der Waals surface area contributed by atoms with Crippen LogP contribution >= 0.6 is 0 Å². The Balaban J connectivity index is 1.70. The van der Waals surface area contributed by atoms with Crippen LogP contribution in [-0.2, 0) is 23.0 Å². The van der Waals surface area contributed by atoms with Crippen LogP contribution in [0.15, 0.2) is 0 Å². The Labute approximate surface area is 99.5 Å². The maximum absolute atomic E-state index is 11.6. The lowest BCUT2D eigenvalue weighted by Crippen LogP contribution is -2.33. The summed E-state index contributed by atoms with van der Waals surface area (Å²) in [5.74, 6) is 0.447. The Bertz CT molecular complexity index is 373. The summed E-state index contributed by atoms with van der Waals surface area (Å²) in [5, 5.41) is 14.6. The SMILES string of the molecule is Cn1nnc(CC(=O)COC2CCNCC2)n1. The Hall–Kier alpha value is -1.34. The number of carbonyl (C=O) groups excluding carboxylic acids is 1. The minimum Gasteiger partial charge on any atom is -0.370 e. The molecular weight excluding hydrogens is 222 g/mol. The predicted molar refractivity (Wildman–Crippen MR) is 59.4 cm³/mol. The number of aromatic nitrogens is 4. The molecule has 94 valence electrons. The number of tetrazole rings is 1. The van der Waals surface area contributed by atoms with Gasteiger partial charge in [-0.15, -0.1) is 10.2 Å². The minimum atomic E-state index is -0.00321. The van der Waals surface area contributed by atoms with Crippen LogP contribution in [0.3, 0.4) is 0 Å². The molecule has 1 aromatic rings. The third-order valence-corrected chi connectivity index (χ3v) is 2.67. The highest BCUT2D eigenvalue weighted by molar-refractivity contribution is 5.81. The van der Waals surface area contributed by atoms with Crippen molar-refractivity contribution in [3.8, 4) is 0 Å². The quantitative estimate of drug-likeness (QED) is 0.716. The summed E-state index contributed by atoms with van der Waals surface area (Å²) in [6.45, 7) is 2.07. The Morgan fingerprint density at radius 2 is 2.29 bits per heavy atom. The first-order valence-electron chi connectivity index (χ1n) is 5.81. The third-order valence-electron chi connectivity index (χ3n) is 2.67. The molecule has 7 heteroatoms. The molecule has 2 rings (SSSR count). The van der Waals surface area contributed by atoms with Gasteiger partial charge in [0.05, 0.1) is 19.6 Å². The van der Waals surface area contributed by atoms with E-state index in [1.165, 1.54) is 4.80 Å². The molecule has 1 aliphatic heterocycles. The van der Waals surface area contributed by atoms with E-state index in [2.05, 4.69) is 20.7 Å². The second-order valence-corrected chi connectivity index (χ2v) is 4.17. The number of nitrogens with one attached hydrogen (secondary N) is 1. The molecule has 2 heterocycles. The normalized spacial score (nSPS) is 17.2. The minimum absolute atomic E-state index is 0.00321. The van der Waals surface area contributed by atoms with Crippen molar-refractivity contribution in [1.82, 2.24) is 25.5 Å². The molecular formula is C10H17N5O2. The van der Waals surface area contributed by atoms with Crippen molar-refractivity contribution in [3.63, 3.8) is 0 Å². The fraction of sp³-hybridized carbons (Fsp3) is 0.800. The van der Waals surface area contributed by atoms with Crippen molar-refractivity contribution in [1.29, 1.82) is 0 Å². The van der Waals surface area contributed by atoms with Crippen molar-refractivity contribution in [3.05, 3.63) is 5.82 Å². The van der Waals surface area contributed by atoms with Gasteiger partial charge in [0.15, 0.2) is 11.6 Å². The maximum atomic E-state index is 11.6. The molecule has 0 bridgehead atoms. The Kier molecular flexibility index (Phi) is 4.16. The number of piperidine rings is 1. The third kappa shape index (κ3) is 3.86. The number of ketones is 1. The summed E-state index contributed by atoms with van der Waals surface area (Å²) in [7, 11) is 1.67. The van der Waals surface area contributed by atoms with Crippen LogP contribution in [0.1, 0.15) is 18.7 Å². The van der Waals surface area contributed by atoms with Crippen molar-refractivity contribution in [2.24, 2.45) is 7.05 Å². The zero-order chi connectivity index (χ0) is 12.1. The number of ether oxygens (including phenoxy) is 1. The lowest BCUT2D eigenvalue weighted by Gasteiger charge is -2.22. The molecule has 1 aromatic heterocycles. The molecule has 0 aromatic carbocycles. The number of aryl methyl sites for hydroxylation is 1. The first-order valence-corrected chi connectivity index (χ1v) is 5.81. The summed E-state index contributed by atoms with van der Waals surface area (Å²) >= 11 is 0. The summed E-state index contributed by atoms with van der Waals surface area (Å²) < 4.78 is 5.55. The van der Waals surface area contributed by atoms with Gasteiger partial charge in [0, 0.05) is 0 Å². The van der Waals surface area contributed by atoms with E-state index in [4.69, 9.17) is 4.74 Å². The van der Waals surface area contributed by atoms with Gasteiger partial charge in [-0.05, 0) is 31.1 Å². The molecule has 0 radical (unpaired) electrons. The standard InChI is InChI=1S/C10H17N5O2/c1-15-13-10(12-14-15)6-8(16)7-17-9-2-4-11-5-3-9/h9,11H,2-7H2,1H3. The average molecular weight is 239 g/mol. The van der Waals surface area contributed by atoms with E-state index in [1.54, 1.807) is 7.05 Å². The van der Waals surface area contributed by atoms with Gasteiger partial charge in [0.1, 0.15) is 6.61 Å². The van der Waals surface area contributed by atoms with Crippen LogP contribution in [-0.4, -0.2) is 51.8 Å². The largest absolute Gasteiger partial charge is 0.370 e. The average Bonchev–Trinajstić information content (AvgIpc) is 2.73. The molecule has 1 aliphatic rings. The van der Waals surface area contributed by atoms with E-state index in [0.29, 0.717) is 5.82 Å². The number of hydrogen-bond acceptors (Lipinski definition) is 6. The first-order chi connectivity index (χ1) is 8.24. The molecule has 1 fully saturated rings. The number of carbonyl (C=O) groups is 1. The highest BCUT2D eigenvalue weighted by atomic mass is 16.5. The van der Waals surface area contributed by atoms with Crippen molar-refractivity contribution >= 4 is 5.78 Å². The molecule has 0 atom stereocenters. The van der Waals surface area contributed by atoms with Gasteiger partial charge in [-0.25, -0.2) is 0 Å². The summed E-state index contributed by atoms with van der Waals surface area (Å²) in [6.07, 6.45) is 2.33. The molecule has 0 saturated carbocycles. The zero-order valence-corrected chi connectivity index (χ0v) is 9.93. The van der Waals surface area contributed by atoms with Crippen LogP contribution < -0.4 is 5.32 Å². The van der Waals surface area contributed by atoms with E-state index in [0.717, 1.165) is 25.9 Å². The second-order valence-electron chi connectivity index (χ2n) is 4.17. The van der Waals surface area contributed by atoms with Gasteiger partial charge in [0.2, 0.25) is 0 Å². The number of Topliss-reactive ketones (excluding diaryl/α,β-unsaturated/α-hetero) is 1. The van der Waals surface area contributed by atoms with Crippen molar-refractivity contribution in [2.45, 2.75) is 25.4 Å². The fourth-order valence-corrected chi connectivity index (χ4v) is 1.79. The molecule has 1 N–H and O–H groups in total. The molecule has 0 unspecified atom stereocenters. The molecule has 0 spiro atoms. The van der Waals surface area contributed by atoms with Gasteiger partial charge in [-0.2, -0.15) is 4.80 Å². The van der Waals surface area contributed by atoms with Crippen LogP contribution in [0.2, 0.25) is 0 Å². The lowest BCUT2D eigenvalue weighted by atomic mass is 10.1. The predicted octanol–water partition coefficient (Wildman–Crippen LogP) is -0.910. The molecule has 0 aliphatic carbocycles. The molecule has 7 nitrogen and oxygen atoms in total. The van der Waals surface area contributed by atoms with Gasteiger partial charge in [-0.3, -0.25) is 4.79 Å². The van der Waals surface area contributed by atoms with E-state index >= 15 is 0 Å². The molecule has 17 heavy (non-hydrogen) atoms. The van der Waals surface area contributed by atoms with Gasteiger partial charge >= 0.3 is 0 Å². The Morgan fingerprint density at radius 3 is 2.94 bits per heavy atom. The summed E-state index contributed by atoms with van der Waals surface area (Å²) in [6, 6.07) is 0.